The first-order valence-corrected chi connectivity index (χ1v) is 6.56. The molecule has 2 rings (SSSR count). The molecule has 0 heterocycles. The molecule has 0 radical (unpaired) electrons. The fraction of sp³-hybridized carbons (Fsp3) is 0. The van der Waals surface area contributed by atoms with E-state index in [0.29, 0.717) is 0 Å². The topological polar surface area (TPSA) is 46.5 Å². The number of benzene rings is 2. The van der Waals surface area contributed by atoms with Crippen molar-refractivity contribution in [3.8, 4) is 11.5 Å². The van der Waals surface area contributed by atoms with E-state index in [0.717, 1.165) is 6.08 Å². The van der Waals surface area contributed by atoms with Crippen molar-refractivity contribution in [2.75, 3.05) is 0 Å². The number of carboxylic acids is 1. The van der Waals surface area contributed by atoms with Crippen molar-refractivity contribution in [3.05, 3.63) is 63.9 Å². The highest BCUT2D eigenvalue weighted by Gasteiger charge is 2.13. The van der Waals surface area contributed by atoms with Crippen LogP contribution < -0.4 is 4.74 Å². The van der Waals surface area contributed by atoms with Crippen LogP contribution in [-0.2, 0) is 4.79 Å². The smallest absolute Gasteiger partial charge is 0.328 e. The van der Waals surface area contributed by atoms with Gasteiger partial charge in [-0.2, -0.15) is 0 Å². The molecule has 0 fully saturated rings. The summed E-state index contributed by atoms with van der Waals surface area (Å²) in [6.45, 7) is 0. The maximum atomic E-state index is 13.9. The van der Waals surface area contributed by atoms with Gasteiger partial charge in [-0.05, 0) is 24.3 Å². The van der Waals surface area contributed by atoms with Crippen LogP contribution in [-0.4, -0.2) is 11.1 Å². The number of ether oxygens (including phenoxy) is 1. The minimum atomic E-state index is -1.15. The van der Waals surface area contributed by atoms with Crippen molar-refractivity contribution in [2.45, 2.75) is 0 Å². The van der Waals surface area contributed by atoms with Crippen LogP contribution in [0.15, 0.2) is 42.5 Å². The standard InChI is InChI=1S/C15H9Cl2FO3/c16-10-4-2-6-12(14(10)17)21-15-9(7-8-13(19)20)3-1-5-11(15)18/h1-8H,(H,19,20)/b8-7+. The van der Waals surface area contributed by atoms with Crippen LogP contribution in [0.2, 0.25) is 10.0 Å². The van der Waals surface area contributed by atoms with Gasteiger partial charge in [0.1, 0.15) is 10.8 Å². The minimum absolute atomic E-state index is 0.126. The van der Waals surface area contributed by atoms with Gasteiger partial charge in [-0.1, -0.05) is 41.4 Å². The Balaban J connectivity index is 2.43. The maximum absolute atomic E-state index is 13.9. The Hall–Kier alpha value is -2.04. The number of para-hydroxylation sites is 1. The molecule has 0 aliphatic carbocycles. The summed E-state index contributed by atoms with van der Waals surface area (Å²) in [4.78, 5) is 10.6. The Labute approximate surface area is 130 Å². The fourth-order valence-electron chi connectivity index (χ4n) is 1.60. The zero-order chi connectivity index (χ0) is 15.4. The quantitative estimate of drug-likeness (QED) is 0.802. The van der Waals surface area contributed by atoms with Crippen LogP contribution in [0.4, 0.5) is 4.39 Å². The SMILES string of the molecule is O=C(O)/C=C/c1cccc(F)c1Oc1cccc(Cl)c1Cl. The molecular weight excluding hydrogens is 318 g/mol. The lowest BCUT2D eigenvalue weighted by Gasteiger charge is -2.11. The highest BCUT2D eigenvalue weighted by molar-refractivity contribution is 6.42. The molecule has 2 aromatic carbocycles. The number of hydrogen-bond acceptors (Lipinski definition) is 2. The van der Waals surface area contributed by atoms with Crippen LogP contribution in [0, 0.1) is 5.82 Å². The summed E-state index contributed by atoms with van der Waals surface area (Å²) in [5.74, 6) is -1.73. The van der Waals surface area contributed by atoms with Crippen LogP contribution in [0.3, 0.4) is 0 Å². The van der Waals surface area contributed by atoms with Gasteiger partial charge in [0.05, 0.1) is 5.02 Å². The van der Waals surface area contributed by atoms with Crippen LogP contribution in [0.5, 0.6) is 11.5 Å². The largest absolute Gasteiger partial charge is 0.478 e. The van der Waals surface area contributed by atoms with Gasteiger partial charge >= 0.3 is 5.97 Å². The van der Waals surface area contributed by atoms with E-state index in [2.05, 4.69) is 0 Å². The normalized spacial score (nSPS) is 10.8. The van der Waals surface area contributed by atoms with E-state index in [9.17, 15) is 9.18 Å². The molecule has 2 aromatic rings. The summed E-state index contributed by atoms with van der Waals surface area (Å²) in [7, 11) is 0. The van der Waals surface area contributed by atoms with Gasteiger partial charge in [-0.15, -0.1) is 0 Å². The van der Waals surface area contributed by atoms with Gasteiger partial charge in [-0.3, -0.25) is 0 Å². The van der Waals surface area contributed by atoms with Gasteiger partial charge in [0, 0.05) is 11.6 Å². The highest BCUT2D eigenvalue weighted by atomic mass is 35.5. The van der Waals surface area contributed by atoms with Crippen LogP contribution >= 0.6 is 23.2 Å². The lowest BCUT2D eigenvalue weighted by atomic mass is 10.1. The van der Waals surface area contributed by atoms with E-state index in [1.54, 1.807) is 12.1 Å². The molecular formula is C15H9Cl2FO3. The maximum Gasteiger partial charge on any atom is 0.328 e. The highest BCUT2D eigenvalue weighted by Crippen LogP contribution is 2.37. The Bertz CT molecular complexity index is 714. The predicted molar refractivity (Wildman–Crippen MR) is 79.6 cm³/mol. The number of carboxylic acid groups (broad SMARTS) is 1. The van der Waals surface area contributed by atoms with E-state index < -0.39 is 11.8 Å². The second kappa shape index (κ2) is 6.61. The third-order valence-electron chi connectivity index (χ3n) is 2.53. The molecule has 0 unspecified atom stereocenters. The number of halogens is 3. The van der Waals surface area contributed by atoms with E-state index in [4.69, 9.17) is 33.0 Å². The zero-order valence-electron chi connectivity index (χ0n) is 10.5. The van der Waals surface area contributed by atoms with Gasteiger partial charge in [0.2, 0.25) is 0 Å². The first-order chi connectivity index (χ1) is 9.99. The van der Waals surface area contributed by atoms with Crippen LogP contribution in [0.25, 0.3) is 6.08 Å². The molecule has 1 N–H and O–H groups in total. The molecule has 0 aromatic heterocycles. The van der Waals surface area contributed by atoms with E-state index in [1.807, 2.05) is 0 Å². The second-order valence-electron chi connectivity index (χ2n) is 3.98. The van der Waals surface area contributed by atoms with Gasteiger partial charge in [-0.25, -0.2) is 9.18 Å². The van der Waals surface area contributed by atoms with Crippen molar-refractivity contribution in [2.24, 2.45) is 0 Å². The van der Waals surface area contributed by atoms with Crippen molar-refractivity contribution in [1.29, 1.82) is 0 Å². The monoisotopic (exact) mass is 326 g/mol. The number of aliphatic carboxylic acids is 1. The molecule has 0 saturated carbocycles. The molecule has 0 atom stereocenters. The lowest BCUT2D eigenvalue weighted by Crippen LogP contribution is -1.93. The van der Waals surface area contributed by atoms with Crippen molar-refractivity contribution in [3.63, 3.8) is 0 Å². The van der Waals surface area contributed by atoms with Crippen molar-refractivity contribution < 1.29 is 19.0 Å². The number of rotatable bonds is 4. The van der Waals surface area contributed by atoms with Gasteiger partial charge < -0.3 is 9.84 Å². The Morgan fingerprint density at radius 3 is 2.62 bits per heavy atom. The number of hydrogen-bond donors (Lipinski definition) is 1. The second-order valence-corrected chi connectivity index (χ2v) is 4.77. The Morgan fingerprint density at radius 1 is 1.19 bits per heavy atom. The lowest BCUT2D eigenvalue weighted by molar-refractivity contribution is -0.131. The number of carbonyl (C=O) groups is 1. The predicted octanol–water partition coefficient (Wildman–Crippen LogP) is 5.02. The van der Waals surface area contributed by atoms with Crippen molar-refractivity contribution in [1.82, 2.24) is 0 Å². The summed E-state index contributed by atoms with van der Waals surface area (Å²) in [5, 5.41) is 9.07. The summed E-state index contributed by atoms with van der Waals surface area (Å²) >= 11 is 11.8. The third-order valence-corrected chi connectivity index (χ3v) is 3.33. The van der Waals surface area contributed by atoms with E-state index in [-0.39, 0.29) is 27.1 Å². The minimum Gasteiger partial charge on any atom is -0.478 e. The average Bonchev–Trinajstić information content (AvgIpc) is 2.44. The van der Waals surface area contributed by atoms with Crippen molar-refractivity contribution >= 4 is 35.2 Å². The summed E-state index contributed by atoms with van der Waals surface area (Å²) in [6.07, 6.45) is 2.13. The first-order valence-electron chi connectivity index (χ1n) is 5.80. The summed E-state index contributed by atoms with van der Waals surface area (Å²) < 4.78 is 19.4. The zero-order valence-corrected chi connectivity index (χ0v) is 12.0. The summed E-state index contributed by atoms with van der Waals surface area (Å²) in [5.41, 5.74) is 0.272. The first kappa shape index (κ1) is 15.4. The molecule has 0 spiro atoms. The molecule has 0 aliphatic rings. The Morgan fingerprint density at radius 2 is 1.90 bits per heavy atom. The van der Waals surface area contributed by atoms with E-state index >= 15 is 0 Å². The fourth-order valence-corrected chi connectivity index (χ4v) is 1.93. The molecule has 0 bridgehead atoms. The van der Waals surface area contributed by atoms with Crippen LogP contribution in [0.1, 0.15) is 5.56 Å². The van der Waals surface area contributed by atoms with E-state index in [1.165, 1.54) is 30.3 Å². The third kappa shape index (κ3) is 3.74. The van der Waals surface area contributed by atoms with Gasteiger partial charge in [0.15, 0.2) is 11.6 Å². The molecule has 3 nitrogen and oxygen atoms in total. The molecule has 21 heavy (non-hydrogen) atoms. The molecule has 0 amide bonds. The summed E-state index contributed by atoms with van der Waals surface area (Å²) in [6, 6.07) is 8.89. The molecule has 108 valence electrons. The molecule has 0 saturated heterocycles. The molecule has 6 heteroatoms. The Kier molecular flexibility index (Phi) is 4.83. The average molecular weight is 327 g/mol. The molecule has 0 aliphatic heterocycles. The van der Waals surface area contributed by atoms with Gasteiger partial charge in [0.25, 0.3) is 0 Å².